The second kappa shape index (κ2) is 8.06. The van der Waals surface area contributed by atoms with Crippen molar-refractivity contribution in [3.05, 3.63) is 75.8 Å². The number of rotatable bonds is 3. The summed E-state index contributed by atoms with van der Waals surface area (Å²) >= 11 is 8.81. The van der Waals surface area contributed by atoms with E-state index in [4.69, 9.17) is 4.89 Å². The fourth-order valence-electron chi connectivity index (χ4n) is 1.49. The third-order valence-electron chi connectivity index (χ3n) is 2.38. The van der Waals surface area contributed by atoms with Crippen molar-refractivity contribution in [2.24, 2.45) is 0 Å². The van der Waals surface area contributed by atoms with Crippen LogP contribution in [0.5, 0.6) is 0 Å². The maximum Gasteiger partial charge on any atom is 0.377 e. The zero-order chi connectivity index (χ0) is 16.8. The van der Waals surface area contributed by atoms with Crippen LogP contribution < -0.4 is 0 Å². The number of carbonyl (C=O) groups is 1. The number of nitro groups is 1. The summed E-state index contributed by atoms with van der Waals surface area (Å²) in [6.45, 7) is 0. The molecule has 0 aliphatic rings. The molecule has 0 aromatic heterocycles. The molecule has 6 nitrogen and oxygen atoms in total. The number of hydrogen-bond acceptors (Lipinski definition) is 4. The standard InChI is InChI=1S/C13H9NO3.Cl2HO2P/c15-13(10-4-2-1-3-5-10)11-6-8-12(9-7-11)14(16)17;1-5(2,3)4/h1-9H;(H,3,4). The number of ketones is 1. The van der Waals surface area contributed by atoms with Gasteiger partial charge in [-0.15, -0.1) is 0 Å². The van der Waals surface area contributed by atoms with Gasteiger partial charge in [0.25, 0.3) is 5.69 Å². The number of halogens is 2. The molecule has 116 valence electrons. The molecule has 0 radical (unpaired) electrons. The molecule has 22 heavy (non-hydrogen) atoms. The Morgan fingerprint density at radius 3 is 1.82 bits per heavy atom. The van der Waals surface area contributed by atoms with Gasteiger partial charge in [-0.05, 0) is 34.6 Å². The predicted molar refractivity (Wildman–Crippen MR) is 84.5 cm³/mol. The van der Waals surface area contributed by atoms with E-state index in [9.17, 15) is 19.5 Å². The van der Waals surface area contributed by atoms with Gasteiger partial charge in [-0.1, -0.05) is 30.3 Å². The highest BCUT2D eigenvalue weighted by molar-refractivity contribution is 8.04. The molecule has 0 atom stereocenters. The fourth-order valence-corrected chi connectivity index (χ4v) is 1.49. The van der Waals surface area contributed by atoms with E-state index in [-0.39, 0.29) is 11.5 Å². The van der Waals surface area contributed by atoms with Crippen LogP contribution in [0, 0.1) is 10.1 Å². The molecule has 0 aliphatic heterocycles. The van der Waals surface area contributed by atoms with Gasteiger partial charge in [0.1, 0.15) is 0 Å². The second-order valence-electron chi connectivity index (χ2n) is 3.93. The Kier molecular flexibility index (Phi) is 6.71. The number of carbonyl (C=O) groups excluding carboxylic acids is 1. The monoisotopic (exact) mass is 361 g/mol. The Morgan fingerprint density at radius 2 is 1.41 bits per heavy atom. The first kappa shape index (κ1) is 18.3. The van der Waals surface area contributed by atoms with Crippen molar-refractivity contribution in [3.8, 4) is 0 Å². The molecule has 9 heteroatoms. The Hall–Kier alpha value is -1.72. The number of benzene rings is 2. The Labute approximate surface area is 135 Å². The summed E-state index contributed by atoms with van der Waals surface area (Å²) in [5.41, 5.74) is 0.998. The molecule has 0 unspecified atom stereocenters. The molecular formula is C13H10Cl2NO5P. The average Bonchev–Trinajstić information content (AvgIpc) is 2.46. The minimum atomic E-state index is -3.69. The summed E-state index contributed by atoms with van der Waals surface area (Å²) in [5, 5.41) is 10.5. The number of non-ortho nitro benzene ring substituents is 1. The summed E-state index contributed by atoms with van der Waals surface area (Å²) in [6, 6.07) is 14.4. The number of nitrogens with zero attached hydrogens (tertiary/aromatic N) is 1. The van der Waals surface area contributed by atoms with E-state index < -0.39 is 11.0 Å². The summed E-state index contributed by atoms with van der Waals surface area (Å²) in [4.78, 5) is 29.5. The largest absolute Gasteiger partial charge is 0.377 e. The van der Waals surface area contributed by atoms with Crippen LogP contribution in [-0.2, 0) is 4.57 Å². The van der Waals surface area contributed by atoms with Gasteiger partial charge in [-0.25, -0.2) is 0 Å². The van der Waals surface area contributed by atoms with Gasteiger partial charge in [0.05, 0.1) is 4.92 Å². The molecule has 2 aromatic rings. The number of hydrogen-bond donors (Lipinski definition) is 1. The topological polar surface area (TPSA) is 97.5 Å². The number of nitro benzene ring substituents is 1. The molecular weight excluding hydrogens is 352 g/mol. The fraction of sp³-hybridized carbons (Fsp3) is 0. The first-order chi connectivity index (χ1) is 10.2. The van der Waals surface area contributed by atoms with Gasteiger partial charge >= 0.3 is 6.07 Å². The Bertz CT molecular complexity index is 692. The van der Waals surface area contributed by atoms with Crippen molar-refractivity contribution >= 4 is 40.0 Å². The molecule has 0 saturated heterocycles. The van der Waals surface area contributed by atoms with Crippen LogP contribution >= 0.6 is 28.6 Å². The van der Waals surface area contributed by atoms with Crippen LogP contribution in [0.3, 0.4) is 0 Å². The maximum atomic E-state index is 12.0. The molecule has 1 N–H and O–H groups in total. The highest BCUT2D eigenvalue weighted by Crippen LogP contribution is 2.51. The van der Waals surface area contributed by atoms with E-state index in [0.717, 1.165) is 0 Å². The lowest BCUT2D eigenvalue weighted by Crippen LogP contribution is -2.00. The third-order valence-corrected chi connectivity index (χ3v) is 2.38. The van der Waals surface area contributed by atoms with Crippen LogP contribution in [0.1, 0.15) is 15.9 Å². The third kappa shape index (κ3) is 6.83. The predicted octanol–water partition coefficient (Wildman–Crippen LogP) is 4.39. The normalized spacial score (nSPS) is 10.3. The van der Waals surface area contributed by atoms with Crippen molar-refractivity contribution in [3.63, 3.8) is 0 Å². The summed E-state index contributed by atoms with van der Waals surface area (Å²) in [7, 11) is 0. The first-order valence-corrected chi connectivity index (χ1v) is 9.22. The Morgan fingerprint density at radius 1 is 1.00 bits per heavy atom. The molecule has 0 fully saturated rings. The van der Waals surface area contributed by atoms with E-state index >= 15 is 0 Å². The lowest BCUT2D eigenvalue weighted by Gasteiger charge is -2.00. The van der Waals surface area contributed by atoms with E-state index in [1.165, 1.54) is 24.3 Å². The van der Waals surface area contributed by atoms with Crippen molar-refractivity contribution in [1.82, 2.24) is 0 Å². The Balaban J connectivity index is 0.000000422. The lowest BCUT2D eigenvalue weighted by molar-refractivity contribution is -0.384. The van der Waals surface area contributed by atoms with Crippen LogP contribution in [0.4, 0.5) is 5.69 Å². The molecule has 0 heterocycles. The summed E-state index contributed by atoms with van der Waals surface area (Å²) in [5.74, 6) is -0.138. The molecule has 2 aromatic carbocycles. The molecule has 0 bridgehead atoms. The SMILES string of the molecule is O=C(c1ccccc1)c1ccc([N+](=O)[O-])cc1.O=P(O)(Cl)Cl. The van der Waals surface area contributed by atoms with Gasteiger partial charge < -0.3 is 4.89 Å². The maximum absolute atomic E-state index is 12.0. The van der Waals surface area contributed by atoms with Crippen LogP contribution in [0.25, 0.3) is 0 Å². The van der Waals surface area contributed by atoms with E-state index in [0.29, 0.717) is 11.1 Å². The first-order valence-electron chi connectivity index (χ1n) is 5.75. The second-order valence-corrected chi connectivity index (χ2v) is 8.07. The zero-order valence-electron chi connectivity index (χ0n) is 10.9. The van der Waals surface area contributed by atoms with E-state index in [2.05, 4.69) is 22.5 Å². The van der Waals surface area contributed by atoms with E-state index in [1.807, 2.05) is 6.07 Å². The van der Waals surface area contributed by atoms with Gasteiger partial charge in [-0.3, -0.25) is 19.5 Å². The molecule has 0 saturated carbocycles. The highest BCUT2D eigenvalue weighted by atomic mass is 35.9. The van der Waals surface area contributed by atoms with Crippen molar-refractivity contribution in [2.45, 2.75) is 0 Å². The molecule has 0 amide bonds. The minimum Gasteiger partial charge on any atom is -0.322 e. The van der Waals surface area contributed by atoms with Crippen LogP contribution in [0.15, 0.2) is 54.6 Å². The summed E-state index contributed by atoms with van der Waals surface area (Å²) < 4.78 is 9.30. The van der Waals surface area contributed by atoms with Crippen LogP contribution in [0.2, 0.25) is 0 Å². The van der Waals surface area contributed by atoms with Crippen molar-refractivity contribution in [2.75, 3.05) is 0 Å². The highest BCUT2D eigenvalue weighted by Gasteiger charge is 2.10. The van der Waals surface area contributed by atoms with Gasteiger partial charge in [0.2, 0.25) is 0 Å². The molecule has 0 aliphatic carbocycles. The van der Waals surface area contributed by atoms with Gasteiger partial charge in [-0.2, -0.15) is 0 Å². The average molecular weight is 362 g/mol. The summed E-state index contributed by atoms with van der Waals surface area (Å²) in [6.07, 6.45) is -3.69. The van der Waals surface area contributed by atoms with Crippen molar-refractivity contribution < 1.29 is 19.2 Å². The van der Waals surface area contributed by atoms with Crippen molar-refractivity contribution in [1.29, 1.82) is 0 Å². The van der Waals surface area contributed by atoms with Gasteiger partial charge in [0.15, 0.2) is 5.78 Å². The lowest BCUT2D eigenvalue weighted by atomic mass is 10.0. The van der Waals surface area contributed by atoms with E-state index in [1.54, 1.807) is 24.3 Å². The zero-order valence-corrected chi connectivity index (χ0v) is 13.3. The molecule has 0 spiro atoms. The smallest absolute Gasteiger partial charge is 0.322 e. The quantitative estimate of drug-likeness (QED) is 0.378. The minimum absolute atomic E-state index is 0.0189. The van der Waals surface area contributed by atoms with Crippen LogP contribution in [-0.4, -0.2) is 15.6 Å². The van der Waals surface area contributed by atoms with Gasteiger partial charge in [0, 0.05) is 23.3 Å². The molecule has 2 rings (SSSR count).